The van der Waals surface area contributed by atoms with E-state index < -0.39 is 21.3 Å². The first-order valence-corrected chi connectivity index (χ1v) is 10.3. The van der Waals surface area contributed by atoms with Crippen LogP contribution in [0.4, 0.5) is 0 Å². The van der Waals surface area contributed by atoms with E-state index in [0.29, 0.717) is 22.4 Å². The van der Waals surface area contributed by atoms with Crippen LogP contribution >= 0.6 is 0 Å². The average molecular weight is 402 g/mol. The highest BCUT2D eigenvalue weighted by molar-refractivity contribution is 7.89. The predicted octanol–water partition coefficient (Wildman–Crippen LogP) is 1.85. The topological polar surface area (TPSA) is 107 Å². The number of rotatable bonds is 5. The van der Waals surface area contributed by atoms with Gasteiger partial charge in [-0.2, -0.15) is 0 Å². The minimum atomic E-state index is -3.90. The molecule has 7 nitrogen and oxygen atoms in total. The number of carbonyl (C=O) groups is 2. The van der Waals surface area contributed by atoms with Crippen LogP contribution in [0.2, 0.25) is 0 Å². The number of hydrogen-bond donors (Lipinski definition) is 1. The van der Waals surface area contributed by atoms with Crippen LogP contribution in [0.3, 0.4) is 0 Å². The third kappa shape index (κ3) is 3.41. The highest BCUT2D eigenvalue weighted by Crippen LogP contribution is 2.36. The van der Waals surface area contributed by atoms with E-state index in [4.69, 9.17) is 9.88 Å². The summed E-state index contributed by atoms with van der Waals surface area (Å²) in [6, 6.07) is 11.4. The average Bonchev–Trinajstić information content (AvgIpc) is 2.65. The summed E-state index contributed by atoms with van der Waals surface area (Å²) in [5.41, 5.74) is 0.614. The van der Waals surface area contributed by atoms with Crippen molar-refractivity contribution in [1.82, 2.24) is 4.90 Å². The molecule has 1 aliphatic heterocycles. The first-order valence-electron chi connectivity index (χ1n) is 8.73. The molecule has 2 N–H and O–H groups in total. The Bertz CT molecular complexity index is 1060. The fraction of sp³-hybridized carbons (Fsp3) is 0.300. The number of nitrogens with zero attached hydrogens (tertiary/aromatic N) is 1. The van der Waals surface area contributed by atoms with Gasteiger partial charge in [-0.25, -0.2) is 13.6 Å². The normalized spacial score (nSPS) is 16.1. The van der Waals surface area contributed by atoms with Gasteiger partial charge in [0.25, 0.3) is 5.91 Å². The van der Waals surface area contributed by atoms with Crippen molar-refractivity contribution in [3.8, 4) is 5.75 Å². The van der Waals surface area contributed by atoms with Gasteiger partial charge in [0, 0.05) is 12.1 Å². The van der Waals surface area contributed by atoms with Crippen molar-refractivity contribution in [2.45, 2.75) is 30.6 Å². The molecular weight excluding hydrogens is 380 g/mol. The van der Waals surface area contributed by atoms with Crippen molar-refractivity contribution in [1.29, 1.82) is 0 Å². The van der Waals surface area contributed by atoms with Crippen LogP contribution in [0.5, 0.6) is 5.75 Å². The first-order chi connectivity index (χ1) is 13.1. The molecule has 0 unspecified atom stereocenters. The first kappa shape index (κ1) is 20.0. The molecule has 0 radical (unpaired) electrons. The number of carbonyl (C=O) groups excluding carboxylic acids is 2. The lowest BCUT2D eigenvalue weighted by Crippen LogP contribution is -2.52. The zero-order valence-electron chi connectivity index (χ0n) is 15.9. The molecule has 0 atom stereocenters. The quantitative estimate of drug-likeness (QED) is 0.768. The van der Waals surface area contributed by atoms with Gasteiger partial charge in [-0.05, 0) is 49.6 Å². The molecule has 0 saturated carbocycles. The van der Waals surface area contributed by atoms with Crippen LogP contribution in [0.25, 0.3) is 0 Å². The van der Waals surface area contributed by atoms with Gasteiger partial charge in [0.05, 0.1) is 17.4 Å². The molecule has 28 heavy (non-hydrogen) atoms. The van der Waals surface area contributed by atoms with E-state index in [2.05, 4.69) is 0 Å². The highest BCUT2D eigenvalue weighted by atomic mass is 32.2. The summed E-state index contributed by atoms with van der Waals surface area (Å²) in [5, 5.41) is 5.27. The second-order valence-electron chi connectivity index (χ2n) is 7.20. The number of primary sulfonamides is 1. The Morgan fingerprint density at radius 2 is 1.79 bits per heavy atom. The molecule has 2 amide bonds. The van der Waals surface area contributed by atoms with Crippen LogP contribution in [0.1, 0.15) is 35.3 Å². The maximum Gasteiger partial charge on any atom is 0.260 e. The molecule has 0 bridgehead atoms. The number of sulfonamides is 1. The minimum Gasteiger partial charge on any atom is -0.497 e. The van der Waals surface area contributed by atoms with Crippen LogP contribution in [0, 0.1) is 0 Å². The van der Waals surface area contributed by atoms with Crippen molar-refractivity contribution in [2.24, 2.45) is 5.14 Å². The Balaban J connectivity index is 1.96. The molecule has 0 fully saturated rings. The van der Waals surface area contributed by atoms with E-state index >= 15 is 0 Å². The Morgan fingerprint density at radius 1 is 1.11 bits per heavy atom. The third-order valence-corrected chi connectivity index (χ3v) is 6.05. The lowest BCUT2D eigenvalue weighted by atomic mass is 9.77. The molecule has 8 heteroatoms. The Kier molecular flexibility index (Phi) is 5.03. The lowest BCUT2D eigenvalue weighted by Gasteiger charge is -2.37. The Labute approximate surface area is 164 Å². The second-order valence-corrected chi connectivity index (χ2v) is 8.73. The third-order valence-electron chi connectivity index (χ3n) is 5.04. The number of benzene rings is 2. The van der Waals surface area contributed by atoms with Crippen LogP contribution in [-0.2, 0) is 26.7 Å². The van der Waals surface area contributed by atoms with E-state index in [9.17, 15) is 18.0 Å². The van der Waals surface area contributed by atoms with E-state index in [1.807, 2.05) is 0 Å². The number of fused-ring (bicyclic) bond motifs is 1. The fourth-order valence-corrected chi connectivity index (χ4v) is 4.29. The highest BCUT2D eigenvalue weighted by Gasteiger charge is 2.44. The monoisotopic (exact) mass is 402 g/mol. The van der Waals surface area contributed by atoms with Gasteiger partial charge >= 0.3 is 0 Å². The molecule has 148 valence electrons. The van der Waals surface area contributed by atoms with Gasteiger partial charge in [-0.3, -0.25) is 14.5 Å². The molecule has 2 aromatic rings. The Hall–Kier alpha value is -2.71. The number of hydrogen-bond acceptors (Lipinski definition) is 5. The van der Waals surface area contributed by atoms with Crippen molar-refractivity contribution in [3.05, 3.63) is 59.2 Å². The molecule has 0 aromatic heterocycles. The van der Waals surface area contributed by atoms with Crippen molar-refractivity contribution in [3.63, 3.8) is 0 Å². The number of methoxy groups -OCH3 is 1. The van der Waals surface area contributed by atoms with Crippen LogP contribution in [0.15, 0.2) is 47.4 Å². The molecule has 2 aromatic carbocycles. The van der Waals surface area contributed by atoms with Crippen molar-refractivity contribution in [2.75, 3.05) is 13.7 Å². The molecule has 0 spiro atoms. The van der Waals surface area contributed by atoms with E-state index in [1.165, 1.54) is 18.1 Å². The van der Waals surface area contributed by atoms with E-state index in [0.717, 1.165) is 0 Å². The number of nitrogens with two attached hydrogens (primary N) is 1. The number of amides is 2. The summed E-state index contributed by atoms with van der Waals surface area (Å²) in [6.45, 7) is 3.57. The summed E-state index contributed by atoms with van der Waals surface area (Å²) in [4.78, 5) is 27.2. The summed E-state index contributed by atoms with van der Waals surface area (Å²) in [6.07, 6.45) is 0.180. The maximum absolute atomic E-state index is 13.0. The van der Waals surface area contributed by atoms with E-state index in [-0.39, 0.29) is 23.8 Å². The minimum absolute atomic E-state index is 0.00626. The van der Waals surface area contributed by atoms with Crippen LogP contribution < -0.4 is 9.88 Å². The molecule has 0 saturated heterocycles. The van der Waals surface area contributed by atoms with Gasteiger partial charge < -0.3 is 4.74 Å². The Morgan fingerprint density at radius 3 is 2.43 bits per heavy atom. The number of ether oxygens (including phenoxy) is 1. The molecule has 1 heterocycles. The predicted molar refractivity (Wildman–Crippen MR) is 104 cm³/mol. The molecule has 0 aliphatic carbocycles. The zero-order chi connectivity index (χ0) is 20.7. The molecule has 3 rings (SSSR count). The van der Waals surface area contributed by atoms with Gasteiger partial charge in [-0.1, -0.05) is 24.3 Å². The second kappa shape index (κ2) is 7.03. The van der Waals surface area contributed by atoms with E-state index in [1.54, 1.807) is 50.2 Å². The number of imide groups is 1. The lowest BCUT2D eigenvalue weighted by molar-refractivity contribution is -0.134. The SMILES string of the molecule is COc1ccc2c(c1)C(=O)N(CCc1ccccc1S(N)(=O)=O)C(=O)C2(C)C. The van der Waals surface area contributed by atoms with Crippen molar-refractivity contribution < 1.29 is 22.7 Å². The summed E-state index contributed by atoms with van der Waals surface area (Å²) in [7, 11) is -2.39. The van der Waals surface area contributed by atoms with Gasteiger partial charge in [-0.15, -0.1) is 0 Å². The van der Waals surface area contributed by atoms with Crippen LogP contribution in [-0.4, -0.2) is 38.8 Å². The fourth-order valence-electron chi connectivity index (χ4n) is 3.49. The van der Waals surface area contributed by atoms with Gasteiger partial charge in [0.15, 0.2) is 0 Å². The van der Waals surface area contributed by atoms with Gasteiger partial charge in [0.1, 0.15) is 5.75 Å². The van der Waals surface area contributed by atoms with Gasteiger partial charge in [0.2, 0.25) is 15.9 Å². The summed E-state index contributed by atoms with van der Waals surface area (Å²) < 4.78 is 28.8. The molecule has 1 aliphatic rings. The largest absolute Gasteiger partial charge is 0.497 e. The smallest absolute Gasteiger partial charge is 0.260 e. The summed E-state index contributed by atoms with van der Waals surface area (Å²) >= 11 is 0. The summed E-state index contributed by atoms with van der Waals surface area (Å²) in [5.74, 6) is -0.230. The zero-order valence-corrected chi connectivity index (χ0v) is 16.7. The van der Waals surface area contributed by atoms with Crippen molar-refractivity contribution >= 4 is 21.8 Å². The molecular formula is C20H22N2O5S. The maximum atomic E-state index is 13.0. The standard InChI is InChI=1S/C20H22N2O5S/c1-20(2)16-9-8-14(27-3)12-15(16)18(23)22(19(20)24)11-10-13-6-4-5-7-17(13)28(21,25)26/h4-9,12H,10-11H2,1-3H3,(H2,21,25,26).